The van der Waals surface area contributed by atoms with Gasteiger partial charge in [0.05, 0.1) is 17.3 Å². The number of hydrogen-bond donors (Lipinski definition) is 3. The van der Waals surface area contributed by atoms with Crippen molar-refractivity contribution in [1.29, 1.82) is 0 Å². The number of methoxy groups -OCH3 is 1. The van der Waals surface area contributed by atoms with Crippen LogP contribution in [0.3, 0.4) is 0 Å². The van der Waals surface area contributed by atoms with E-state index in [2.05, 4.69) is 20.9 Å². The van der Waals surface area contributed by atoms with Crippen molar-refractivity contribution in [3.05, 3.63) is 48.5 Å². The van der Waals surface area contributed by atoms with Gasteiger partial charge in [0.25, 0.3) is 0 Å². The van der Waals surface area contributed by atoms with Crippen LogP contribution in [0.4, 0.5) is 15.6 Å². The predicted molar refractivity (Wildman–Crippen MR) is 103 cm³/mol. The number of carbonyl (C=O) groups is 2. The molecule has 0 aliphatic rings. The van der Waals surface area contributed by atoms with E-state index in [-0.39, 0.29) is 24.9 Å². The van der Waals surface area contributed by atoms with Gasteiger partial charge in [0.1, 0.15) is 5.75 Å². The minimum Gasteiger partial charge on any atom is -0.497 e. The molecule has 1 aromatic heterocycles. The Morgan fingerprint density at radius 3 is 2.58 bits per heavy atom. The molecule has 0 aliphatic carbocycles. The first-order chi connectivity index (χ1) is 12.6. The summed E-state index contributed by atoms with van der Waals surface area (Å²) in [6.45, 7) is 0.221. The number of anilines is 2. The molecule has 0 radical (unpaired) electrons. The Labute approximate surface area is 154 Å². The lowest BCUT2D eigenvalue weighted by molar-refractivity contribution is -0.116. The highest BCUT2D eigenvalue weighted by atomic mass is 32.1. The molecule has 3 aromatic rings. The molecule has 0 bridgehead atoms. The van der Waals surface area contributed by atoms with Gasteiger partial charge in [-0.2, -0.15) is 0 Å². The molecule has 26 heavy (non-hydrogen) atoms. The molecule has 0 aliphatic heterocycles. The number of benzene rings is 2. The molecule has 3 N–H and O–H groups in total. The third kappa shape index (κ3) is 4.70. The van der Waals surface area contributed by atoms with E-state index in [9.17, 15) is 9.59 Å². The molecular formula is C18H18N4O3S. The fourth-order valence-electron chi connectivity index (χ4n) is 2.25. The average Bonchev–Trinajstić information content (AvgIpc) is 3.04. The van der Waals surface area contributed by atoms with E-state index >= 15 is 0 Å². The van der Waals surface area contributed by atoms with Crippen molar-refractivity contribution < 1.29 is 14.3 Å². The van der Waals surface area contributed by atoms with Crippen molar-refractivity contribution >= 4 is 44.3 Å². The summed E-state index contributed by atoms with van der Waals surface area (Å²) >= 11 is 1.42. The molecule has 0 atom stereocenters. The Bertz CT molecular complexity index is 875. The minimum atomic E-state index is -0.372. The first-order valence-corrected chi connectivity index (χ1v) is 8.80. The lowest BCUT2D eigenvalue weighted by atomic mass is 10.3. The normalized spacial score (nSPS) is 10.3. The van der Waals surface area contributed by atoms with Crippen molar-refractivity contribution in [2.45, 2.75) is 6.42 Å². The number of ether oxygens (including phenoxy) is 1. The van der Waals surface area contributed by atoms with Crippen LogP contribution in [0, 0.1) is 0 Å². The summed E-state index contributed by atoms with van der Waals surface area (Å²) in [7, 11) is 1.58. The number of thiazole rings is 1. The van der Waals surface area contributed by atoms with Gasteiger partial charge < -0.3 is 20.7 Å². The second-order valence-corrected chi connectivity index (χ2v) is 6.42. The monoisotopic (exact) mass is 370 g/mol. The van der Waals surface area contributed by atoms with Gasteiger partial charge in [-0.25, -0.2) is 9.78 Å². The van der Waals surface area contributed by atoms with Crippen LogP contribution in [-0.2, 0) is 4.79 Å². The largest absolute Gasteiger partial charge is 0.497 e. The third-order valence-corrected chi connectivity index (χ3v) is 4.48. The third-order valence-electron chi connectivity index (χ3n) is 3.53. The van der Waals surface area contributed by atoms with Crippen LogP contribution in [0.25, 0.3) is 10.2 Å². The van der Waals surface area contributed by atoms with Crippen molar-refractivity contribution in [2.75, 3.05) is 24.3 Å². The van der Waals surface area contributed by atoms with Crippen molar-refractivity contribution in [3.63, 3.8) is 0 Å². The molecule has 3 rings (SSSR count). The smallest absolute Gasteiger partial charge is 0.319 e. The molecular weight excluding hydrogens is 352 g/mol. The summed E-state index contributed by atoms with van der Waals surface area (Å²) in [4.78, 5) is 28.1. The number of aromatic nitrogens is 1. The van der Waals surface area contributed by atoms with E-state index in [0.717, 1.165) is 10.2 Å². The van der Waals surface area contributed by atoms with Gasteiger partial charge >= 0.3 is 6.03 Å². The fraction of sp³-hybridized carbons (Fsp3) is 0.167. The van der Waals surface area contributed by atoms with Gasteiger partial charge in [-0.15, -0.1) is 0 Å². The highest BCUT2D eigenvalue weighted by Crippen LogP contribution is 2.25. The zero-order valence-corrected chi connectivity index (χ0v) is 14.9. The highest BCUT2D eigenvalue weighted by Gasteiger charge is 2.08. The Balaban J connectivity index is 1.41. The van der Waals surface area contributed by atoms with E-state index in [1.165, 1.54) is 11.3 Å². The maximum absolute atomic E-state index is 12.0. The number of urea groups is 1. The number of hydrogen-bond acceptors (Lipinski definition) is 5. The van der Waals surface area contributed by atoms with Crippen LogP contribution in [0.1, 0.15) is 6.42 Å². The molecule has 0 saturated carbocycles. The first kappa shape index (κ1) is 17.7. The zero-order chi connectivity index (χ0) is 18.4. The van der Waals surface area contributed by atoms with Gasteiger partial charge in [0, 0.05) is 18.7 Å². The lowest BCUT2D eigenvalue weighted by Crippen LogP contribution is -2.31. The van der Waals surface area contributed by atoms with Crippen LogP contribution in [0.2, 0.25) is 0 Å². The maximum atomic E-state index is 12.0. The summed E-state index contributed by atoms with van der Waals surface area (Å²) in [6, 6.07) is 14.3. The number of carbonyl (C=O) groups excluding carboxylic acids is 2. The number of nitrogens with one attached hydrogen (secondary N) is 3. The number of rotatable bonds is 6. The molecule has 134 valence electrons. The fourth-order valence-corrected chi connectivity index (χ4v) is 3.13. The van der Waals surface area contributed by atoms with Crippen LogP contribution >= 0.6 is 11.3 Å². The van der Waals surface area contributed by atoms with Gasteiger partial charge in [0.2, 0.25) is 5.91 Å². The number of amides is 3. The summed E-state index contributed by atoms with van der Waals surface area (Å²) in [5.74, 6) is 0.510. The quantitative estimate of drug-likeness (QED) is 0.620. The van der Waals surface area contributed by atoms with Crippen molar-refractivity contribution in [3.8, 4) is 5.75 Å². The predicted octanol–water partition coefficient (Wildman–Crippen LogP) is 3.46. The Hall–Kier alpha value is -3.13. The molecule has 7 nitrogen and oxygen atoms in total. The lowest BCUT2D eigenvalue weighted by Gasteiger charge is -2.08. The van der Waals surface area contributed by atoms with Crippen LogP contribution in [0.15, 0.2) is 48.5 Å². The van der Waals surface area contributed by atoms with Crippen LogP contribution < -0.4 is 20.7 Å². The molecule has 0 unspecified atom stereocenters. The first-order valence-electron chi connectivity index (χ1n) is 7.98. The van der Waals surface area contributed by atoms with Crippen LogP contribution in [0.5, 0.6) is 5.75 Å². The number of para-hydroxylation sites is 1. The van der Waals surface area contributed by atoms with Gasteiger partial charge in [-0.05, 0) is 36.4 Å². The Kier molecular flexibility index (Phi) is 5.65. The standard InChI is InChI=1S/C18H18N4O3S/c1-25-13-8-6-12(7-9-13)20-17(24)19-11-10-16(23)22-18-21-14-4-2-3-5-15(14)26-18/h2-9H,10-11H2,1H3,(H2,19,20,24)(H,21,22,23). The van der Waals surface area contributed by atoms with Crippen LogP contribution in [-0.4, -0.2) is 30.6 Å². The van der Waals surface area contributed by atoms with E-state index < -0.39 is 0 Å². The second-order valence-electron chi connectivity index (χ2n) is 5.39. The Morgan fingerprint density at radius 1 is 1.08 bits per heavy atom. The molecule has 2 aromatic carbocycles. The van der Waals surface area contributed by atoms with Gasteiger partial charge in [-0.1, -0.05) is 23.5 Å². The van der Waals surface area contributed by atoms with Crippen molar-refractivity contribution in [2.24, 2.45) is 0 Å². The highest BCUT2D eigenvalue weighted by molar-refractivity contribution is 7.22. The topological polar surface area (TPSA) is 92.4 Å². The van der Waals surface area contributed by atoms with E-state index in [4.69, 9.17) is 4.74 Å². The molecule has 1 heterocycles. The Morgan fingerprint density at radius 2 is 1.85 bits per heavy atom. The van der Waals surface area contributed by atoms with E-state index in [1.54, 1.807) is 31.4 Å². The SMILES string of the molecule is COc1ccc(NC(=O)NCCC(=O)Nc2nc3ccccc3s2)cc1. The molecule has 0 saturated heterocycles. The molecule has 3 amide bonds. The molecule has 8 heteroatoms. The molecule has 0 spiro atoms. The van der Waals surface area contributed by atoms with Crippen molar-refractivity contribution in [1.82, 2.24) is 10.3 Å². The van der Waals surface area contributed by atoms with E-state index in [1.807, 2.05) is 24.3 Å². The van der Waals surface area contributed by atoms with E-state index in [0.29, 0.717) is 16.6 Å². The van der Waals surface area contributed by atoms with Gasteiger partial charge in [0.15, 0.2) is 5.13 Å². The maximum Gasteiger partial charge on any atom is 0.319 e. The number of nitrogens with zero attached hydrogens (tertiary/aromatic N) is 1. The summed E-state index contributed by atoms with van der Waals surface area (Å²) in [5.41, 5.74) is 1.49. The summed E-state index contributed by atoms with van der Waals surface area (Å²) in [5, 5.41) is 8.64. The van der Waals surface area contributed by atoms with Gasteiger partial charge in [-0.3, -0.25) is 4.79 Å². The zero-order valence-electron chi connectivity index (χ0n) is 14.1. The summed E-state index contributed by atoms with van der Waals surface area (Å²) < 4.78 is 6.07. The number of fused-ring (bicyclic) bond motifs is 1. The molecule has 0 fully saturated rings. The summed E-state index contributed by atoms with van der Waals surface area (Å²) in [6.07, 6.45) is 0.159. The second kappa shape index (κ2) is 8.30. The minimum absolute atomic E-state index is 0.159. The average molecular weight is 370 g/mol.